The number of nitrogens with one attached hydrogen (secondary N) is 1. The van der Waals surface area contributed by atoms with Crippen LogP contribution in [0.4, 0.5) is 11.4 Å². The summed E-state index contributed by atoms with van der Waals surface area (Å²) in [5, 5.41) is 23.5. The molecule has 1 aromatic heterocycles. The normalized spacial score (nSPS) is 12.8. The number of fused-ring (bicyclic) bond motifs is 4. The molecule has 2 heterocycles. The molecule has 0 saturated heterocycles. The van der Waals surface area contributed by atoms with Gasteiger partial charge >= 0.3 is 0 Å². The van der Waals surface area contributed by atoms with Crippen LogP contribution in [0.15, 0.2) is 42.5 Å². The Morgan fingerprint density at radius 1 is 1.30 bits per heavy atom. The molecule has 10 heteroatoms. The summed E-state index contributed by atoms with van der Waals surface area (Å²) in [6, 6.07) is 14.4. The van der Waals surface area contributed by atoms with Crippen LogP contribution in [0, 0.1) is 21.4 Å². The van der Waals surface area contributed by atoms with E-state index in [1.807, 2.05) is 37.2 Å². The molecule has 0 spiro atoms. The number of hydrogen-bond donors (Lipinski definition) is 1. The number of anilines is 1. The number of H-pyrrole nitrogens is 1. The van der Waals surface area contributed by atoms with Crippen LogP contribution in [0.2, 0.25) is 0 Å². The van der Waals surface area contributed by atoms with Gasteiger partial charge in [-0.05, 0) is 61.8 Å². The monoisotopic (exact) mass is 517 g/mol. The van der Waals surface area contributed by atoms with E-state index in [9.17, 15) is 20.2 Å². The standard InChI is InChI=1S/C27H24ClN5O4/c1-31(2)10-11-37-18-6-7-22-17(12-18)13-23(30-22)27(34)32-9-8-20-19-5-3-4-16(15-29)24(19)26(33(35)36)21(14-28)25(20)32/h3-7,12-13,30H,8-11,14H2,1-2H3. The molecular weight excluding hydrogens is 494 g/mol. The molecule has 0 atom stereocenters. The van der Waals surface area contributed by atoms with Crippen LogP contribution < -0.4 is 9.64 Å². The number of nitro groups is 1. The molecule has 1 aliphatic rings. The third-order valence-corrected chi connectivity index (χ3v) is 6.92. The molecule has 1 amide bonds. The highest BCUT2D eigenvalue weighted by Gasteiger charge is 2.36. The molecule has 188 valence electrons. The number of ether oxygens (including phenoxy) is 1. The minimum Gasteiger partial charge on any atom is -0.492 e. The second-order valence-corrected chi connectivity index (χ2v) is 9.44. The van der Waals surface area contributed by atoms with Gasteiger partial charge in [-0.15, -0.1) is 11.6 Å². The van der Waals surface area contributed by atoms with Gasteiger partial charge < -0.3 is 19.5 Å². The molecule has 3 aromatic carbocycles. The van der Waals surface area contributed by atoms with Crippen molar-refractivity contribution in [3.05, 3.63) is 75.0 Å². The molecule has 5 rings (SSSR count). The molecule has 0 radical (unpaired) electrons. The number of nitriles is 1. The van der Waals surface area contributed by atoms with Crippen molar-refractivity contribution < 1.29 is 14.5 Å². The lowest BCUT2D eigenvalue weighted by Gasteiger charge is -2.20. The predicted octanol–water partition coefficient (Wildman–Crippen LogP) is 4.98. The SMILES string of the molecule is CN(C)CCOc1ccc2[nH]c(C(=O)N3CCc4c3c(CCl)c([N+](=O)[O-])c3c(C#N)cccc43)cc2c1. The van der Waals surface area contributed by atoms with Crippen molar-refractivity contribution in [3.8, 4) is 11.8 Å². The Kier molecular flexibility index (Phi) is 6.46. The van der Waals surface area contributed by atoms with Gasteiger partial charge in [-0.3, -0.25) is 14.9 Å². The fourth-order valence-corrected chi connectivity index (χ4v) is 5.23. The molecule has 0 saturated carbocycles. The van der Waals surface area contributed by atoms with Crippen LogP contribution in [-0.4, -0.2) is 54.5 Å². The molecule has 1 N–H and O–H groups in total. The highest BCUT2D eigenvalue weighted by atomic mass is 35.5. The zero-order chi connectivity index (χ0) is 26.3. The number of likely N-dealkylation sites (N-methyl/N-ethyl adjacent to an activating group) is 1. The third-order valence-electron chi connectivity index (χ3n) is 6.65. The van der Waals surface area contributed by atoms with E-state index < -0.39 is 4.92 Å². The van der Waals surface area contributed by atoms with Crippen LogP contribution in [0.25, 0.3) is 21.7 Å². The number of benzene rings is 3. The van der Waals surface area contributed by atoms with Gasteiger partial charge in [0.05, 0.1) is 33.0 Å². The van der Waals surface area contributed by atoms with Gasteiger partial charge in [0.15, 0.2) is 0 Å². The first-order valence-electron chi connectivity index (χ1n) is 11.8. The van der Waals surface area contributed by atoms with Crippen molar-refractivity contribution in [2.24, 2.45) is 0 Å². The van der Waals surface area contributed by atoms with Gasteiger partial charge in [0, 0.05) is 24.0 Å². The lowest BCUT2D eigenvalue weighted by Crippen LogP contribution is -2.30. The maximum Gasteiger partial charge on any atom is 0.285 e. The van der Waals surface area contributed by atoms with Crippen LogP contribution in [0.1, 0.15) is 27.2 Å². The quantitative estimate of drug-likeness (QED) is 0.210. The number of amides is 1. The van der Waals surface area contributed by atoms with E-state index in [1.165, 1.54) is 0 Å². The largest absolute Gasteiger partial charge is 0.492 e. The Bertz CT molecular complexity index is 1600. The molecule has 0 unspecified atom stereocenters. The topological polar surface area (TPSA) is 116 Å². The van der Waals surface area contributed by atoms with Crippen LogP contribution in [-0.2, 0) is 12.3 Å². The number of carbonyl (C=O) groups excluding carboxylic acids is 1. The van der Waals surface area contributed by atoms with E-state index in [2.05, 4.69) is 11.1 Å². The molecule has 0 fully saturated rings. The number of alkyl halides is 1. The summed E-state index contributed by atoms with van der Waals surface area (Å²) < 4.78 is 5.81. The Morgan fingerprint density at radius 3 is 2.81 bits per heavy atom. The summed E-state index contributed by atoms with van der Waals surface area (Å²) in [5.74, 6) is 0.235. The second kappa shape index (κ2) is 9.73. The average molecular weight is 518 g/mol. The summed E-state index contributed by atoms with van der Waals surface area (Å²) in [7, 11) is 3.95. The summed E-state index contributed by atoms with van der Waals surface area (Å²) >= 11 is 6.26. The van der Waals surface area contributed by atoms with Crippen LogP contribution >= 0.6 is 11.6 Å². The van der Waals surface area contributed by atoms with E-state index in [0.29, 0.717) is 42.1 Å². The Hall–Kier alpha value is -4.13. The number of nitro benzene ring substituents is 1. The average Bonchev–Trinajstić information content (AvgIpc) is 3.51. The van der Waals surface area contributed by atoms with Crippen molar-refractivity contribution in [1.29, 1.82) is 5.26 Å². The van der Waals surface area contributed by atoms with Gasteiger partial charge in [0.25, 0.3) is 11.6 Å². The minimum absolute atomic E-state index is 0.168. The Morgan fingerprint density at radius 2 is 2.11 bits per heavy atom. The highest BCUT2D eigenvalue weighted by Crippen LogP contribution is 2.46. The fraction of sp³-hybridized carbons (Fsp3) is 0.259. The number of nitrogens with zero attached hydrogens (tertiary/aromatic N) is 4. The lowest BCUT2D eigenvalue weighted by molar-refractivity contribution is -0.383. The number of rotatable bonds is 7. The van der Waals surface area contributed by atoms with Crippen molar-refractivity contribution in [2.75, 3.05) is 38.7 Å². The molecule has 0 aliphatic carbocycles. The first-order chi connectivity index (χ1) is 17.8. The number of aromatic nitrogens is 1. The van der Waals surface area contributed by atoms with E-state index >= 15 is 0 Å². The van der Waals surface area contributed by atoms with E-state index in [0.717, 1.165) is 23.0 Å². The molecule has 1 aliphatic heterocycles. The van der Waals surface area contributed by atoms with Gasteiger partial charge in [-0.2, -0.15) is 5.26 Å². The predicted molar refractivity (Wildman–Crippen MR) is 143 cm³/mol. The van der Waals surface area contributed by atoms with Crippen molar-refractivity contribution in [1.82, 2.24) is 9.88 Å². The van der Waals surface area contributed by atoms with Gasteiger partial charge in [0.1, 0.15) is 24.1 Å². The van der Waals surface area contributed by atoms with Crippen LogP contribution in [0.5, 0.6) is 5.75 Å². The number of carbonyl (C=O) groups is 1. The number of halogens is 1. The molecule has 0 bridgehead atoms. The molecule has 37 heavy (non-hydrogen) atoms. The second-order valence-electron chi connectivity index (χ2n) is 9.18. The van der Waals surface area contributed by atoms with Crippen LogP contribution in [0.3, 0.4) is 0 Å². The van der Waals surface area contributed by atoms with Crippen molar-refractivity contribution in [2.45, 2.75) is 12.3 Å². The zero-order valence-corrected chi connectivity index (χ0v) is 21.1. The minimum atomic E-state index is -0.511. The maximum atomic E-state index is 13.7. The lowest BCUT2D eigenvalue weighted by atomic mass is 9.93. The third kappa shape index (κ3) is 4.24. The number of aromatic amines is 1. The Balaban J connectivity index is 1.57. The molecule has 9 nitrogen and oxygen atoms in total. The summed E-state index contributed by atoms with van der Waals surface area (Å²) in [5.41, 5.74) is 2.62. The summed E-state index contributed by atoms with van der Waals surface area (Å²) in [6.07, 6.45) is 0.498. The van der Waals surface area contributed by atoms with Gasteiger partial charge in [-0.1, -0.05) is 12.1 Å². The van der Waals surface area contributed by atoms with E-state index in [1.54, 1.807) is 29.2 Å². The van der Waals surface area contributed by atoms with Crippen molar-refractivity contribution >= 4 is 50.6 Å². The smallest absolute Gasteiger partial charge is 0.285 e. The van der Waals surface area contributed by atoms with E-state index in [4.69, 9.17) is 16.3 Å². The first-order valence-corrected chi connectivity index (χ1v) is 12.3. The van der Waals surface area contributed by atoms with Gasteiger partial charge in [0.2, 0.25) is 0 Å². The summed E-state index contributed by atoms with van der Waals surface area (Å²) in [4.78, 5) is 32.1. The highest BCUT2D eigenvalue weighted by molar-refractivity contribution is 6.20. The molecular formula is C27H24ClN5O4. The fourth-order valence-electron chi connectivity index (χ4n) is 4.98. The Labute approximate surface area is 217 Å². The van der Waals surface area contributed by atoms with E-state index in [-0.39, 0.29) is 34.0 Å². The molecule has 4 aromatic rings. The number of hydrogen-bond acceptors (Lipinski definition) is 6. The maximum absolute atomic E-state index is 13.7. The van der Waals surface area contributed by atoms with Crippen molar-refractivity contribution in [3.63, 3.8) is 0 Å². The first kappa shape index (κ1) is 24.6. The zero-order valence-electron chi connectivity index (χ0n) is 20.4. The van der Waals surface area contributed by atoms with Gasteiger partial charge in [-0.25, -0.2) is 0 Å². The summed E-state index contributed by atoms with van der Waals surface area (Å²) in [6.45, 7) is 1.67.